The van der Waals surface area contributed by atoms with Gasteiger partial charge in [0.1, 0.15) is 6.04 Å². The van der Waals surface area contributed by atoms with Gasteiger partial charge in [-0.25, -0.2) is 0 Å². The fraction of sp³-hybridized carbons (Fsp3) is 0.118. The monoisotopic (exact) mass is 346 g/mol. The Kier molecular flexibility index (Phi) is 5.84. The van der Waals surface area contributed by atoms with E-state index in [2.05, 4.69) is 0 Å². The maximum Gasteiger partial charge on any atom is 0.294 e. The van der Waals surface area contributed by atoms with E-state index in [4.69, 9.17) is 11.6 Å². The van der Waals surface area contributed by atoms with Crippen LogP contribution in [0.5, 0.6) is 0 Å². The van der Waals surface area contributed by atoms with E-state index in [0.29, 0.717) is 15.5 Å². The molecule has 2 rings (SSSR count). The van der Waals surface area contributed by atoms with Crippen LogP contribution in [0.4, 0.5) is 0 Å². The lowest BCUT2D eigenvalue weighted by Crippen LogP contribution is -2.36. The summed E-state index contributed by atoms with van der Waals surface area (Å²) in [5, 5.41) is 2.27. The van der Waals surface area contributed by atoms with Gasteiger partial charge in [-0.05, 0) is 35.2 Å². The molecule has 1 heterocycles. The SMILES string of the molecule is CN(C(=O)C(=O)/C=C/c1ccccc1Cl)C([C]=O)c1cccs1. The van der Waals surface area contributed by atoms with Crippen molar-refractivity contribution >= 4 is 47.0 Å². The highest BCUT2D eigenvalue weighted by Crippen LogP contribution is 2.22. The molecule has 0 aliphatic heterocycles. The third kappa shape index (κ3) is 4.15. The summed E-state index contributed by atoms with van der Waals surface area (Å²) < 4.78 is 0. The predicted molar refractivity (Wildman–Crippen MR) is 91.0 cm³/mol. The number of hydrogen-bond donors (Lipinski definition) is 0. The smallest absolute Gasteiger partial charge is 0.294 e. The van der Waals surface area contributed by atoms with E-state index in [-0.39, 0.29) is 0 Å². The third-order valence-corrected chi connectivity index (χ3v) is 4.43. The van der Waals surface area contributed by atoms with Crippen LogP contribution in [0.15, 0.2) is 47.9 Å². The molecule has 1 radical (unpaired) electrons. The molecule has 1 unspecified atom stereocenters. The van der Waals surface area contributed by atoms with E-state index >= 15 is 0 Å². The Balaban J connectivity index is 2.11. The molecule has 0 fully saturated rings. The molecule has 1 amide bonds. The molecular formula is C17H13ClNO3S. The maximum absolute atomic E-state index is 12.2. The second-order valence-electron chi connectivity index (χ2n) is 4.67. The second-order valence-corrected chi connectivity index (χ2v) is 6.06. The molecular weight excluding hydrogens is 334 g/mol. The van der Waals surface area contributed by atoms with Crippen molar-refractivity contribution in [2.75, 3.05) is 7.05 Å². The number of nitrogens with zero attached hydrogens (tertiary/aromatic N) is 1. The summed E-state index contributed by atoms with van der Waals surface area (Å²) in [6, 6.07) is 9.56. The van der Waals surface area contributed by atoms with E-state index in [1.165, 1.54) is 24.5 Å². The van der Waals surface area contributed by atoms with E-state index in [9.17, 15) is 14.4 Å². The van der Waals surface area contributed by atoms with Crippen LogP contribution in [0.25, 0.3) is 6.08 Å². The van der Waals surface area contributed by atoms with Gasteiger partial charge in [0.25, 0.3) is 5.91 Å². The number of hydrogen-bond acceptors (Lipinski definition) is 4. The number of benzene rings is 1. The first-order valence-corrected chi connectivity index (χ1v) is 7.95. The first kappa shape index (κ1) is 17.1. The Bertz CT molecular complexity index is 740. The minimum Gasteiger partial charge on any atom is -0.323 e. The number of halogens is 1. The number of carbonyl (C=O) groups is 2. The molecule has 4 nitrogen and oxygen atoms in total. The molecule has 0 aliphatic rings. The number of likely N-dealkylation sites (N-methyl/N-ethyl adjacent to an activating group) is 1. The lowest BCUT2D eigenvalue weighted by Gasteiger charge is -2.20. The molecule has 6 heteroatoms. The molecule has 117 valence electrons. The van der Waals surface area contributed by atoms with Crippen molar-refractivity contribution in [2.24, 2.45) is 0 Å². The zero-order chi connectivity index (χ0) is 16.8. The molecule has 0 bridgehead atoms. The van der Waals surface area contributed by atoms with Crippen LogP contribution in [0, 0.1) is 0 Å². The molecule has 1 aromatic carbocycles. The first-order chi connectivity index (χ1) is 11.0. The van der Waals surface area contributed by atoms with Crippen molar-refractivity contribution in [1.29, 1.82) is 0 Å². The van der Waals surface area contributed by atoms with Crippen LogP contribution >= 0.6 is 22.9 Å². The third-order valence-electron chi connectivity index (χ3n) is 3.16. The highest BCUT2D eigenvalue weighted by molar-refractivity contribution is 7.10. The maximum atomic E-state index is 12.2. The van der Waals surface area contributed by atoms with Crippen molar-refractivity contribution in [3.05, 3.63) is 63.3 Å². The van der Waals surface area contributed by atoms with E-state index in [1.807, 2.05) is 0 Å². The standard InChI is InChI=1S/C17H13ClNO3S/c1-19(14(11-20)16-7-4-10-23-16)17(22)15(21)9-8-12-5-2-3-6-13(12)18/h2-10,14H,1H3/b9-8+. The van der Waals surface area contributed by atoms with E-state index in [0.717, 1.165) is 11.0 Å². The number of ketones is 1. The Morgan fingerprint density at radius 2 is 2.00 bits per heavy atom. The van der Waals surface area contributed by atoms with Crippen LogP contribution in [-0.4, -0.2) is 29.9 Å². The zero-order valence-corrected chi connectivity index (χ0v) is 13.8. The van der Waals surface area contributed by atoms with Crippen LogP contribution in [0.2, 0.25) is 5.02 Å². The van der Waals surface area contributed by atoms with Gasteiger partial charge in [0.05, 0.1) is 0 Å². The fourth-order valence-electron chi connectivity index (χ4n) is 1.91. The number of carbonyl (C=O) groups excluding carboxylic acids is 3. The second kappa shape index (κ2) is 7.85. The fourth-order valence-corrected chi connectivity index (χ4v) is 2.92. The van der Waals surface area contributed by atoms with Crippen molar-refractivity contribution in [3.63, 3.8) is 0 Å². The van der Waals surface area contributed by atoms with Gasteiger partial charge in [-0.1, -0.05) is 35.9 Å². The van der Waals surface area contributed by atoms with E-state index < -0.39 is 17.7 Å². The van der Waals surface area contributed by atoms with Crippen LogP contribution in [-0.2, 0) is 14.4 Å². The minimum atomic E-state index is -0.889. The quantitative estimate of drug-likeness (QED) is 0.595. The van der Waals surface area contributed by atoms with Gasteiger partial charge in [0, 0.05) is 16.9 Å². The normalized spacial score (nSPS) is 12.1. The molecule has 2 aromatic rings. The topological polar surface area (TPSA) is 54.5 Å². The van der Waals surface area contributed by atoms with Gasteiger partial charge in [-0.3, -0.25) is 14.4 Å². The minimum absolute atomic E-state index is 0.482. The molecule has 0 N–H and O–H groups in total. The molecule has 0 saturated heterocycles. The summed E-state index contributed by atoms with van der Waals surface area (Å²) in [6.07, 6.45) is 4.41. The van der Waals surface area contributed by atoms with Gasteiger partial charge in [0.2, 0.25) is 12.1 Å². The largest absolute Gasteiger partial charge is 0.323 e. The average molecular weight is 347 g/mol. The Morgan fingerprint density at radius 3 is 2.61 bits per heavy atom. The average Bonchev–Trinajstić information content (AvgIpc) is 3.08. The number of rotatable bonds is 6. The lowest BCUT2D eigenvalue weighted by molar-refractivity contribution is -0.142. The Labute approximate surface area is 143 Å². The zero-order valence-electron chi connectivity index (χ0n) is 12.2. The predicted octanol–water partition coefficient (Wildman–Crippen LogP) is 3.29. The Hall–Kier alpha value is -2.24. The van der Waals surface area contributed by atoms with Crippen molar-refractivity contribution in [2.45, 2.75) is 6.04 Å². The summed E-state index contributed by atoms with van der Waals surface area (Å²) >= 11 is 7.30. The van der Waals surface area contributed by atoms with Gasteiger partial charge in [-0.2, -0.15) is 0 Å². The van der Waals surface area contributed by atoms with Gasteiger partial charge < -0.3 is 4.90 Å². The van der Waals surface area contributed by atoms with Gasteiger partial charge in [0.15, 0.2) is 0 Å². The highest BCUT2D eigenvalue weighted by Gasteiger charge is 2.26. The molecule has 1 aromatic heterocycles. The number of amides is 1. The summed E-state index contributed by atoms with van der Waals surface area (Å²) in [5.41, 5.74) is 0.634. The highest BCUT2D eigenvalue weighted by atomic mass is 35.5. The molecule has 0 spiro atoms. The van der Waals surface area contributed by atoms with Crippen LogP contribution < -0.4 is 0 Å². The summed E-state index contributed by atoms with van der Waals surface area (Å²) in [5.74, 6) is -1.51. The van der Waals surface area contributed by atoms with Crippen molar-refractivity contribution < 1.29 is 14.4 Å². The summed E-state index contributed by atoms with van der Waals surface area (Å²) in [4.78, 5) is 37.0. The molecule has 0 aliphatic carbocycles. The van der Waals surface area contributed by atoms with Crippen LogP contribution in [0.1, 0.15) is 16.5 Å². The molecule has 0 saturated carbocycles. The van der Waals surface area contributed by atoms with E-state index in [1.54, 1.807) is 48.1 Å². The number of thiophene rings is 1. The lowest BCUT2D eigenvalue weighted by atomic mass is 10.1. The molecule has 23 heavy (non-hydrogen) atoms. The van der Waals surface area contributed by atoms with Crippen LogP contribution in [0.3, 0.4) is 0 Å². The van der Waals surface area contributed by atoms with Crippen molar-refractivity contribution in [1.82, 2.24) is 4.90 Å². The van der Waals surface area contributed by atoms with Crippen molar-refractivity contribution in [3.8, 4) is 0 Å². The van der Waals surface area contributed by atoms with Gasteiger partial charge in [-0.15, -0.1) is 11.3 Å². The van der Waals surface area contributed by atoms with Gasteiger partial charge >= 0.3 is 0 Å². The Morgan fingerprint density at radius 1 is 1.26 bits per heavy atom. The summed E-state index contributed by atoms with van der Waals surface area (Å²) in [6.45, 7) is 0. The first-order valence-electron chi connectivity index (χ1n) is 6.69. The summed E-state index contributed by atoms with van der Waals surface area (Å²) in [7, 11) is 1.40. The molecule has 1 atom stereocenters.